The number of rotatable bonds is 6. The van der Waals surface area contributed by atoms with Crippen LogP contribution in [0.15, 0.2) is 36.4 Å². The van der Waals surface area contributed by atoms with Crippen molar-refractivity contribution in [3.63, 3.8) is 0 Å². The predicted octanol–water partition coefficient (Wildman–Crippen LogP) is 2.92. The summed E-state index contributed by atoms with van der Waals surface area (Å²) in [6, 6.07) is 9.52. The number of benzene rings is 2. The molecule has 4 N–H and O–H groups in total. The number of carbonyl (C=O) groups is 1. The zero-order chi connectivity index (χ0) is 22.7. The average Bonchev–Trinajstić information content (AvgIpc) is 2.81. The van der Waals surface area contributed by atoms with Crippen molar-refractivity contribution in [2.24, 2.45) is 11.7 Å². The number of aryl methyl sites for hydroxylation is 1. The summed E-state index contributed by atoms with van der Waals surface area (Å²) < 4.78 is 19.4. The van der Waals surface area contributed by atoms with E-state index in [4.69, 9.17) is 10.5 Å². The number of aromatic hydroxyl groups is 1. The minimum absolute atomic E-state index is 0.0593. The summed E-state index contributed by atoms with van der Waals surface area (Å²) in [5.74, 6) is 0.265. The van der Waals surface area contributed by atoms with E-state index in [-0.39, 0.29) is 23.9 Å². The normalized spacial score (nSPS) is 21.8. The highest BCUT2D eigenvalue weighted by atomic mass is 19.1. The Morgan fingerprint density at radius 2 is 1.94 bits per heavy atom. The smallest absolute Gasteiger partial charge is 0.251 e. The first-order chi connectivity index (χ1) is 15.5. The van der Waals surface area contributed by atoms with E-state index in [1.165, 1.54) is 24.3 Å². The zero-order valence-corrected chi connectivity index (χ0v) is 18.5. The number of halogens is 1. The Morgan fingerprint density at radius 1 is 1.22 bits per heavy atom. The molecule has 0 aromatic heterocycles. The minimum Gasteiger partial charge on any atom is -0.507 e. The van der Waals surface area contributed by atoms with Crippen LogP contribution in [-0.2, 0) is 11.2 Å². The van der Waals surface area contributed by atoms with Crippen LogP contribution in [0, 0.1) is 18.7 Å². The number of nitrogens with one attached hydrogen (secondary N) is 1. The third kappa shape index (κ3) is 4.95. The summed E-state index contributed by atoms with van der Waals surface area (Å²) in [6.45, 7) is 5.53. The number of phenols is 1. The molecule has 172 valence electrons. The molecule has 2 heterocycles. The second-order valence-corrected chi connectivity index (χ2v) is 8.84. The number of fused-ring (bicyclic) bond motifs is 1. The van der Waals surface area contributed by atoms with Crippen LogP contribution < -0.4 is 11.1 Å². The number of phenolic OH excluding ortho intramolecular Hbond substituents is 1. The molecule has 6 nitrogen and oxygen atoms in total. The average molecular weight is 442 g/mol. The van der Waals surface area contributed by atoms with E-state index in [2.05, 4.69) is 10.2 Å². The lowest BCUT2D eigenvalue weighted by molar-refractivity contribution is -0.0645. The molecule has 0 bridgehead atoms. The van der Waals surface area contributed by atoms with Gasteiger partial charge in [0.1, 0.15) is 11.6 Å². The molecule has 1 saturated heterocycles. The van der Waals surface area contributed by atoms with Gasteiger partial charge in [-0.15, -0.1) is 0 Å². The van der Waals surface area contributed by atoms with Crippen LogP contribution in [0.25, 0.3) is 0 Å². The Hall–Kier alpha value is -2.48. The van der Waals surface area contributed by atoms with E-state index < -0.39 is 0 Å². The molecular weight excluding hydrogens is 409 g/mol. The summed E-state index contributed by atoms with van der Waals surface area (Å²) in [5, 5.41) is 13.5. The largest absolute Gasteiger partial charge is 0.507 e. The summed E-state index contributed by atoms with van der Waals surface area (Å²) in [5.41, 5.74) is 9.34. The molecule has 2 aromatic carbocycles. The molecule has 7 heteroatoms. The third-order valence-electron chi connectivity index (χ3n) is 6.80. The number of hydrogen-bond acceptors (Lipinski definition) is 5. The lowest BCUT2D eigenvalue weighted by Gasteiger charge is -2.40. The molecule has 0 radical (unpaired) electrons. The van der Waals surface area contributed by atoms with Crippen LogP contribution in [0.1, 0.15) is 46.0 Å². The van der Waals surface area contributed by atoms with Gasteiger partial charge in [-0.05, 0) is 74.2 Å². The summed E-state index contributed by atoms with van der Waals surface area (Å²) in [6.07, 6.45) is 2.63. The van der Waals surface area contributed by atoms with Gasteiger partial charge >= 0.3 is 0 Å². The number of likely N-dealkylation sites (tertiary alicyclic amines) is 1. The highest BCUT2D eigenvalue weighted by Crippen LogP contribution is 2.40. The maximum atomic E-state index is 13.0. The first-order valence-electron chi connectivity index (χ1n) is 11.4. The molecule has 1 amide bonds. The Kier molecular flexibility index (Phi) is 7.08. The van der Waals surface area contributed by atoms with E-state index >= 15 is 0 Å². The topological polar surface area (TPSA) is 87.8 Å². The molecule has 2 aliphatic heterocycles. The SMILES string of the molecule is Cc1ccc2c(c1O)C[C@@H](C1CCN(CCNC(=O)c3ccc(F)cc3)CC1)O[C@H]2CN. The fourth-order valence-electron chi connectivity index (χ4n) is 4.86. The van der Waals surface area contributed by atoms with Crippen molar-refractivity contribution in [3.05, 3.63) is 64.5 Å². The first-order valence-corrected chi connectivity index (χ1v) is 11.4. The quantitative estimate of drug-likeness (QED) is 0.642. The molecule has 0 unspecified atom stereocenters. The molecule has 2 aromatic rings. The van der Waals surface area contributed by atoms with E-state index in [9.17, 15) is 14.3 Å². The number of carbonyl (C=O) groups excluding carboxylic acids is 1. The second kappa shape index (κ2) is 9.98. The van der Waals surface area contributed by atoms with Gasteiger partial charge in [-0.3, -0.25) is 4.79 Å². The van der Waals surface area contributed by atoms with Crippen molar-refractivity contribution in [1.29, 1.82) is 0 Å². The van der Waals surface area contributed by atoms with Crippen LogP contribution in [0.3, 0.4) is 0 Å². The van der Waals surface area contributed by atoms with E-state index in [1.54, 1.807) is 0 Å². The zero-order valence-electron chi connectivity index (χ0n) is 18.5. The van der Waals surface area contributed by atoms with Crippen LogP contribution >= 0.6 is 0 Å². The van der Waals surface area contributed by atoms with Gasteiger partial charge < -0.3 is 25.8 Å². The Balaban J connectivity index is 1.27. The standard InChI is InChI=1S/C25H32FN3O3/c1-16-2-7-20-21(24(16)30)14-22(32-23(20)15-27)17-8-11-29(12-9-17)13-10-28-25(31)18-3-5-19(26)6-4-18/h2-7,17,22-23,30H,8-15,27H2,1H3,(H,28,31)/t22-,23-/m0/s1. The summed E-state index contributed by atoms with van der Waals surface area (Å²) in [4.78, 5) is 14.5. The van der Waals surface area contributed by atoms with Crippen molar-refractivity contribution in [3.8, 4) is 5.75 Å². The fraction of sp³-hybridized carbons (Fsp3) is 0.480. The molecule has 0 aliphatic carbocycles. The highest BCUT2D eigenvalue weighted by Gasteiger charge is 2.35. The number of hydrogen-bond donors (Lipinski definition) is 3. The molecule has 0 saturated carbocycles. The molecule has 2 atom stereocenters. The number of ether oxygens (including phenoxy) is 1. The molecule has 32 heavy (non-hydrogen) atoms. The summed E-state index contributed by atoms with van der Waals surface area (Å²) >= 11 is 0. The Morgan fingerprint density at radius 3 is 2.62 bits per heavy atom. The van der Waals surface area contributed by atoms with Crippen molar-refractivity contribution >= 4 is 5.91 Å². The van der Waals surface area contributed by atoms with Crippen LogP contribution in [-0.4, -0.2) is 54.7 Å². The van der Waals surface area contributed by atoms with E-state index in [0.29, 0.717) is 30.3 Å². The maximum absolute atomic E-state index is 13.0. The molecule has 1 fully saturated rings. The van der Waals surface area contributed by atoms with Gasteiger partial charge in [-0.1, -0.05) is 12.1 Å². The van der Waals surface area contributed by atoms with Crippen molar-refractivity contribution in [1.82, 2.24) is 10.2 Å². The van der Waals surface area contributed by atoms with Crippen molar-refractivity contribution < 1.29 is 19.0 Å². The van der Waals surface area contributed by atoms with Crippen molar-refractivity contribution in [2.45, 2.75) is 38.4 Å². The molecule has 2 aliphatic rings. The van der Waals surface area contributed by atoms with Gasteiger partial charge in [0.2, 0.25) is 0 Å². The van der Waals surface area contributed by atoms with Gasteiger partial charge in [0.25, 0.3) is 5.91 Å². The van der Waals surface area contributed by atoms with Crippen molar-refractivity contribution in [2.75, 3.05) is 32.7 Å². The van der Waals surface area contributed by atoms with Crippen LogP contribution in [0.4, 0.5) is 4.39 Å². The van der Waals surface area contributed by atoms with Gasteiger partial charge in [0.15, 0.2) is 0 Å². The van der Waals surface area contributed by atoms with Gasteiger partial charge in [-0.25, -0.2) is 4.39 Å². The molecule has 4 rings (SSSR count). The van der Waals surface area contributed by atoms with Gasteiger partial charge in [0, 0.05) is 37.2 Å². The summed E-state index contributed by atoms with van der Waals surface area (Å²) in [7, 11) is 0. The minimum atomic E-state index is -0.349. The number of nitrogens with zero attached hydrogens (tertiary/aromatic N) is 1. The van der Waals surface area contributed by atoms with Crippen LogP contribution in [0.5, 0.6) is 5.75 Å². The second-order valence-electron chi connectivity index (χ2n) is 8.84. The van der Waals surface area contributed by atoms with Crippen LogP contribution in [0.2, 0.25) is 0 Å². The fourth-order valence-corrected chi connectivity index (χ4v) is 4.86. The van der Waals surface area contributed by atoms with E-state index in [0.717, 1.165) is 55.6 Å². The van der Waals surface area contributed by atoms with Gasteiger partial charge in [0.05, 0.1) is 12.2 Å². The molecule has 0 spiro atoms. The Bertz CT molecular complexity index is 942. The lowest BCUT2D eigenvalue weighted by atomic mass is 9.83. The number of nitrogens with two attached hydrogens (primary N) is 1. The Labute approximate surface area is 188 Å². The number of piperidine rings is 1. The highest BCUT2D eigenvalue weighted by molar-refractivity contribution is 5.94. The maximum Gasteiger partial charge on any atom is 0.251 e. The number of amides is 1. The van der Waals surface area contributed by atoms with Gasteiger partial charge in [-0.2, -0.15) is 0 Å². The molecular formula is C25H32FN3O3. The monoisotopic (exact) mass is 441 g/mol. The van der Waals surface area contributed by atoms with E-state index in [1.807, 2.05) is 19.1 Å². The predicted molar refractivity (Wildman–Crippen MR) is 121 cm³/mol. The third-order valence-corrected chi connectivity index (χ3v) is 6.80. The first kappa shape index (κ1) is 22.7. The lowest BCUT2D eigenvalue weighted by Crippen LogP contribution is -2.44.